The summed E-state index contributed by atoms with van der Waals surface area (Å²) >= 11 is 6.15. The molecule has 6 nitrogen and oxygen atoms in total. The smallest absolute Gasteiger partial charge is 0.341 e. The number of phenolic OH excluding ortho intramolecular Hbond substituents is 1. The number of pyridine rings is 1. The number of aliphatic hydroxyl groups is 1. The third-order valence-corrected chi connectivity index (χ3v) is 4.51. The number of fused-ring (bicyclic) bond motifs is 1. The Kier molecular flexibility index (Phi) is 4.97. The van der Waals surface area contributed by atoms with Crippen LogP contribution < -0.4 is 5.43 Å². The van der Waals surface area contributed by atoms with E-state index in [4.69, 9.17) is 11.6 Å². The number of hydrogen-bond donors (Lipinski definition) is 3. The van der Waals surface area contributed by atoms with Crippen molar-refractivity contribution in [3.63, 3.8) is 0 Å². The fourth-order valence-corrected chi connectivity index (χ4v) is 3.10. The second-order valence-corrected chi connectivity index (χ2v) is 6.31. The largest absolute Gasteiger partial charge is 0.508 e. The van der Waals surface area contributed by atoms with E-state index in [0.717, 1.165) is 5.56 Å². The van der Waals surface area contributed by atoms with Gasteiger partial charge < -0.3 is 19.9 Å². The molecular formula is C19H16ClNO5. The molecule has 0 bridgehead atoms. The zero-order chi connectivity index (χ0) is 18.8. The van der Waals surface area contributed by atoms with Crippen molar-refractivity contribution in [2.45, 2.75) is 13.0 Å². The Balaban J connectivity index is 2.15. The molecule has 3 aromatic rings. The molecule has 7 heteroatoms. The summed E-state index contributed by atoms with van der Waals surface area (Å²) in [6.45, 7) is -0.00747. The maximum atomic E-state index is 12.5. The Hall–Kier alpha value is -2.83. The number of carbonyl (C=O) groups is 1. The molecule has 0 aliphatic rings. The normalized spacial score (nSPS) is 11.0. The van der Waals surface area contributed by atoms with E-state index in [1.807, 2.05) is 0 Å². The number of phenols is 1. The van der Waals surface area contributed by atoms with Crippen molar-refractivity contribution in [3.8, 4) is 5.75 Å². The van der Waals surface area contributed by atoms with Gasteiger partial charge in [-0.25, -0.2) is 4.79 Å². The molecule has 3 rings (SSSR count). The van der Waals surface area contributed by atoms with Gasteiger partial charge in [0.05, 0.1) is 12.1 Å². The lowest BCUT2D eigenvalue weighted by atomic mass is 10.0. The number of nitrogens with zero attached hydrogens (tertiary/aromatic N) is 1. The first-order valence-electron chi connectivity index (χ1n) is 7.88. The Morgan fingerprint density at radius 1 is 1.15 bits per heavy atom. The summed E-state index contributed by atoms with van der Waals surface area (Å²) in [6, 6.07) is 9.76. The van der Waals surface area contributed by atoms with Crippen molar-refractivity contribution in [2.75, 3.05) is 6.61 Å². The van der Waals surface area contributed by atoms with Crippen molar-refractivity contribution in [2.24, 2.45) is 0 Å². The minimum atomic E-state index is -1.31. The summed E-state index contributed by atoms with van der Waals surface area (Å²) in [5.74, 6) is -1.23. The number of aromatic carboxylic acids is 1. The number of aromatic hydroxyl groups is 1. The number of carboxylic acid groups (broad SMARTS) is 1. The lowest BCUT2D eigenvalue weighted by Crippen LogP contribution is -2.19. The minimum absolute atomic E-state index is 0.0867. The van der Waals surface area contributed by atoms with E-state index in [2.05, 4.69) is 0 Å². The first-order chi connectivity index (χ1) is 12.4. The SMILES string of the molecule is O=C(O)c1cn(CCO)c2ccc(Cc3cc(O)ccc3Cl)cc2c1=O. The van der Waals surface area contributed by atoms with Gasteiger partial charge in [0, 0.05) is 23.2 Å². The van der Waals surface area contributed by atoms with Crippen LogP contribution in [0, 0.1) is 0 Å². The zero-order valence-corrected chi connectivity index (χ0v) is 14.4. The summed E-state index contributed by atoms with van der Waals surface area (Å²) in [5.41, 5.74) is 1.06. The van der Waals surface area contributed by atoms with Crippen LogP contribution in [0.15, 0.2) is 47.4 Å². The molecule has 0 spiro atoms. The summed E-state index contributed by atoms with van der Waals surface area (Å²) in [4.78, 5) is 23.9. The average Bonchev–Trinajstić information content (AvgIpc) is 2.60. The van der Waals surface area contributed by atoms with E-state index in [1.54, 1.807) is 34.9 Å². The van der Waals surface area contributed by atoms with Crippen LogP contribution in [-0.4, -0.2) is 32.5 Å². The van der Waals surface area contributed by atoms with Crippen LogP contribution in [0.4, 0.5) is 0 Å². The van der Waals surface area contributed by atoms with E-state index in [-0.39, 0.29) is 29.9 Å². The summed E-state index contributed by atoms with van der Waals surface area (Å²) < 4.78 is 1.55. The topological polar surface area (TPSA) is 99.8 Å². The second kappa shape index (κ2) is 7.19. The van der Waals surface area contributed by atoms with Crippen LogP contribution in [0.25, 0.3) is 10.9 Å². The van der Waals surface area contributed by atoms with Gasteiger partial charge >= 0.3 is 5.97 Å². The number of aromatic nitrogens is 1. The molecule has 0 saturated heterocycles. The highest BCUT2D eigenvalue weighted by Gasteiger charge is 2.15. The monoisotopic (exact) mass is 373 g/mol. The Labute approximate surface area is 153 Å². The van der Waals surface area contributed by atoms with Crippen LogP contribution in [0.1, 0.15) is 21.5 Å². The first-order valence-corrected chi connectivity index (χ1v) is 8.26. The van der Waals surface area contributed by atoms with Gasteiger partial charge in [-0.05, 0) is 47.9 Å². The van der Waals surface area contributed by atoms with Gasteiger partial charge in [-0.15, -0.1) is 0 Å². The van der Waals surface area contributed by atoms with Gasteiger partial charge in [-0.3, -0.25) is 4.79 Å². The molecule has 0 fully saturated rings. The maximum Gasteiger partial charge on any atom is 0.341 e. The quantitative estimate of drug-likeness (QED) is 0.638. The molecule has 1 aromatic heterocycles. The number of aliphatic hydroxyl groups excluding tert-OH is 1. The van der Waals surface area contributed by atoms with Crippen molar-refractivity contribution in [3.05, 3.63) is 74.5 Å². The highest BCUT2D eigenvalue weighted by Crippen LogP contribution is 2.25. The standard InChI is InChI=1S/C19H16ClNO5/c20-16-3-2-13(23)9-12(16)7-11-1-4-17-14(8-11)18(24)15(19(25)26)10-21(17)5-6-22/h1-4,8-10,22-23H,5-7H2,(H,25,26). The van der Waals surface area contributed by atoms with Crippen molar-refractivity contribution >= 4 is 28.5 Å². The van der Waals surface area contributed by atoms with Gasteiger partial charge in [0.15, 0.2) is 0 Å². The average molecular weight is 374 g/mol. The molecule has 0 saturated carbocycles. The zero-order valence-electron chi connectivity index (χ0n) is 13.6. The molecule has 1 heterocycles. The molecule has 0 amide bonds. The van der Waals surface area contributed by atoms with Crippen LogP contribution in [0.3, 0.4) is 0 Å². The van der Waals surface area contributed by atoms with Crippen LogP contribution >= 0.6 is 11.6 Å². The fourth-order valence-electron chi connectivity index (χ4n) is 2.92. The van der Waals surface area contributed by atoms with Crippen LogP contribution in [-0.2, 0) is 13.0 Å². The van der Waals surface area contributed by atoms with Crippen LogP contribution in [0.2, 0.25) is 5.02 Å². The second-order valence-electron chi connectivity index (χ2n) is 5.90. The predicted molar refractivity (Wildman–Crippen MR) is 98.2 cm³/mol. The van der Waals surface area contributed by atoms with Gasteiger partial charge in [0.1, 0.15) is 11.3 Å². The van der Waals surface area contributed by atoms with Gasteiger partial charge in [-0.2, -0.15) is 0 Å². The molecule has 3 N–H and O–H groups in total. The Morgan fingerprint density at radius 2 is 1.92 bits per heavy atom. The molecular weight excluding hydrogens is 358 g/mol. The molecule has 2 aromatic carbocycles. The van der Waals surface area contributed by atoms with E-state index in [0.29, 0.717) is 22.5 Å². The molecule has 0 aliphatic heterocycles. The summed E-state index contributed by atoms with van der Waals surface area (Å²) in [7, 11) is 0. The number of benzene rings is 2. The van der Waals surface area contributed by atoms with E-state index < -0.39 is 11.4 Å². The number of hydrogen-bond acceptors (Lipinski definition) is 4. The lowest BCUT2D eigenvalue weighted by molar-refractivity contribution is 0.0694. The molecule has 0 atom stereocenters. The molecule has 0 radical (unpaired) electrons. The highest BCUT2D eigenvalue weighted by molar-refractivity contribution is 6.31. The van der Waals surface area contributed by atoms with Crippen LogP contribution in [0.5, 0.6) is 5.75 Å². The summed E-state index contributed by atoms with van der Waals surface area (Å²) in [5, 5.41) is 28.8. The van der Waals surface area contributed by atoms with Crippen molar-refractivity contribution in [1.82, 2.24) is 4.57 Å². The highest BCUT2D eigenvalue weighted by atomic mass is 35.5. The third kappa shape index (κ3) is 3.42. The molecule has 134 valence electrons. The van der Waals surface area contributed by atoms with Crippen molar-refractivity contribution < 1.29 is 20.1 Å². The lowest BCUT2D eigenvalue weighted by Gasteiger charge is -2.12. The van der Waals surface area contributed by atoms with E-state index >= 15 is 0 Å². The minimum Gasteiger partial charge on any atom is -0.508 e. The van der Waals surface area contributed by atoms with Gasteiger partial charge in [0.2, 0.25) is 5.43 Å². The number of halogens is 1. The predicted octanol–water partition coefficient (Wildman–Crippen LogP) is 2.64. The Bertz CT molecular complexity index is 1060. The third-order valence-electron chi connectivity index (χ3n) is 4.14. The molecule has 26 heavy (non-hydrogen) atoms. The number of rotatable bonds is 5. The summed E-state index contributed by atoms with van der Waals surface area (Å²) in [6.07, 6.45) is 1.62. The van der Waals surface area contributed by atoms with Gasteiger partial charge in [-0.1, -0.05) is 17.7 Å². The first kappa shape index (κ1) is 18.0. The maximum absolute atomic E-state index is 12.5. The molecule has 0 unspecified atom stereocenters. The Morgan fingerprint density at radius 3 is 2.62 bits per heavy atom. The number of carboxylic acids is 1. The fraction of sp³-hybridized carbons (Fsp3) is 0.158. The van der Waals surface area contributed by atoms with E-state index in [1.165, 1.54) is 12.3 Å². The van der Waals surface area contributed by atoms with E-state index in [9.17, 15) is 24.9 Å². The van der Waals surface area contributed by atoms with Gasteiger partial charge in [0.25, 0.3) is 0 Å². The van der Waals surface area contributed by atoms with Crippen molar-refractivity contribution in [1.29, 1.82) is 0 Å². The molecule has 0 aliphatic carbocycles.